The number of allylic oxidation sites excluding steroid dienone is 1. The van der Waals surface area contributed by atoms with Crippen LogP contribution in [-0.4, -0.2) is 25.2 Å². The van der Waals surface area contributed by atoms with Crippen molar-refractivity contribution in [1.29, 1.82) is 0 Å². The molecule has 0 aromatic heterocycles. The van der Waals surface area contributed by atoms with Crippen LogP contribution >= 0.6 is 12.4 Å². The average molecular weight is 168 g/mol. The summed E-state index contributed by atoms with van der Waals surface area (Å²) < 4.78 is 0. The zero-order chi connectivity index (χ0) is 7.70. The van der Waals surface area contributed by atoms with Crippen molar-refractivity contribution in [3.63, 3.8) is 0 Å². The summed E-state index contributed by atoms with van der Waals surface area (Å²) in [5.41, 5.74) is 0. The van der Waals surface area contributed by atoms with Crippen LogP contribution in [-0.2, 0) is 4.79 Å². The van der Waals surface area contributed by atoms with Gasteiger partial charge in [0.05, 0.1) is 0 Å². The molecule has 0 saturated carbocycles. The molecule has 0 bridgehead atoms. The molecule has 0 heterocycles. The van der Waals surface area contributed by atoms with E-state index in [0.717, 1.165) is 6.08 Å². The van der Waals surface area contributed by atoms with Gasteiger partial charge in [0.1, 0.15) is 0 Å². The van der Waals surface area contributed by atoms with Gasteiger partial charge < -0.3 is 10.4 Å². The Kier molecular flexibility index (Phi) is 25.6. The number of halogens is 1. The fourth-order valence-corrected chi connectivity index (χ4v) is 0.143. The van der Waals surface area contributed by atoms with E-state index in [1.165, 1.54) is 6.08 Å². The standard InChI is InChI=1S/C4H6O2.C2H7N.ClH/c1-2-3-4(5)6;1-3-2;/h2-3H,1H3,(H,5,6);3H,1-2H3;1H. The molecule has 62 valence electrons. The summed E-state index contributed by atoms with van der Waals surface area (Å²) in [6.07, 6.45) is 2.56. The number of hydrogen-bond donors (Lipinski definition) is 2. The predicted octanol–water partition coefficient (Wildman–Crippen LogP) is 0.905. The Bertz CT molecular complexity index is 93.7. The van der Waals surface area contributed by atoms with Crippen LogP contribution in [0.5, 0.6) is 0 Å². The highest BCUT2D eigenvalue weighted by molar-refractivity contribution is 5.85. The van der Waals surface area contributed by atoms with Crippen molar-refractivity contribution < 1.29 is 9.90 Å². The summed E-state index contributed by atoms with van der Waals surface area (Å²) in [6.45, 7) is 1.66. The summed E-state index contributed by atoms with van der Waals surface area (Å²) in [4.78, 5) is 9.51. The number of aliphatic carboxylic acids is 1. The first-order valence-electron chi connectivity index (χ1n) is 2.63. The highest BCUT2D eigenvalue weighted by Crippen LogP contribution is 1.65. The lowest BCUT2D eigenvalue weighted by molar-refractivity contribution is -0.131. The number of carbonyl (C=O) groups is 1. The van der Waals surface area contributed by atoms with Crippen molar-refractivity contribution >= 4 is 18.4 Å². The molecule has 0 radical (unpaired) electrons. The van der Waals surface area contributed by atoms with E-state index in [2.05, 4.69) is 5.32 Å². The molecule has 0 spiro atoms. The molecule has 0 fully saturated rings. The van der Waals surface area contributed by atoms with Crippen LogP contribution in [0.4, 0.5) is 0 Å². The molecule has 0 rings (SSSR count). The number of rotatable bonds is 1. The molecule has 0 amide bonds. The van der Waals surface area contributed by atoms with E-state index in [1.54, 1.807) is 6.92 Å². The van der Waals surface area contributed by atoms with Gasteiger partial charge in [-0.1, -0.05) is 6.08 Å². The first-order valence-corrected chi connectivity index (χ1v) is 2.63. The van der Waals surface area contributed by atoms with E-state index in [1.807, 2.05) is 14.1 Å². The molecule has 0 aliphatic carbocycles. The van der Waals surface area contributed by atoms with E-state index >= 15 is 0 Å². The van der Waals surface area contributed by atoms with E-state index in [-0.39, 0.29) is 12.4 Å². The van der Waals surface area contributed by atoms with Gasteiger partial charge in [-0.25, -0.2) is 4.79 Å². The fourth-order valence-electron chi connectivity index (χ4n) is 0.143. The Morgan fingerprint density at radius 1 is 1.50 bits per heavy atom. The van der Waals surface area contributed by atoms with Crippen molar-refractivity contribution in [2.45, 2.75) is 6.92 Å². The van der Waals surface area contributed by atoms with Crippen LogP contribution in [0, 0.1) is 0 Å². The van der Waals surface area contributed by atoms with Crippen molar-refractivity contribution in [3.05, 3.63) is 12.2 Å². The molecule has 0 aromatic rings. The molecule has 0 saturated heterocycles. The number of carboxylic acids is 1. The van der Waals surface area contributed by atoms with Crippen molar-refractivity contribution in [1.82, 2.24) is 5.32 Å². The summed E-state index contributed by atoms with van der Waals surface area (Å²) >= 11 is 0. The van der Waals surface area contributed by atoms with Gasteiger partial charge in [-0.05, 0) is 21.0 Å². The lowest BCUT2D eigenvalue weighted by Gasteiger charge is -1.68. The maximum atomic E-state index is 9.51. The number of nitrogens with one attached hydrogen (secondary N) is 1. The Balaban J connectivity index is -0.000000107. The van der Waals surface area contributed by atoms with Crippen molar-refractivity contribution in [3.8, 4) is 0 Å². The Morgan fingerprint density at radius 3 is 1.80 bits per heavy atom. The SMILES string of the molecule is CC=CC(=O)O.CNC.Cl. The van der Waals surface area contributed by atoms with Gasteiger partial charge in [0, 0.05) is 6.08 Å². The van der Waals surface area contributed by atoms with Gasteiger partial charge in [0.2, 0.25) is 0 Å². The topological polar surface area (TPSA) is 49.3 Å². The molecule has 0 aliphatic rings. The first-order chi connectivity index (χ1) is 4.18. The summed E-state index contributed by atoms with van der Waals surface area (Å²) in [5, 5.41) is 10.6. The molecule has 0 aromatic carbocycles. The maximum absolute atomic E-state index is 9.51. The zero-order valence-electron chi connectivity index (χ0n) is 6.42. The highest BCUT2D eigenvalue weighted by atomic mass is 35.5. The number of carboxylic acid groups (broad SMARTS) is 1. The first kappa shape index (κ1) is 16.2. The Morgan fingerprint density at radius 2 is 1.80 bits per heavy atom. The second-order valence-electron chi connectivity index (χ2n) is 1.34. The molecular formula is C6H14ClNO2. The van der Waals surface area contributed by atoms with Crippen LogP contribution in [0.25, 0.3) is 0 Å². The van der Waals surface area contributed by atoms with Crippen LogP contribution in [0.15, 0.2) is 12.2 Å². The van der Waals surface area contributed by atoms with Gasteiger partial charge in [-0.3, -0.25) is 0 Å². The molecule has 4 heteroatoms. The smallest absolute Gasteiger partial charge is 0.327 e. The van der Waals surface area contributed by atoms with Gasteiger partial charge in [0.25, 0.3) is 0 Å². The third-order valence-electron chi connectivity index (χ3n) is 0.309. The molecular weight excluding hydrogens is 154 g/mol. The molecule has 2 N–H and O–H groups in total. The van der Waals surface area contributed by atoms with E-state index in [9.17, 15) is 4.79 Å². The lowest BCUT2D eigenvalue weighted by atomic mass is 10.5. The van der Waals surface area contributed by atoms with E-state index in [4.69, 9.17) is 5.11 Å². The minimum absolute atomic E-state index is 0. The van der Waals surface area contributed by atoms with Crippen LogP contribution in [0.3, 0.4) is 0 Å². The molecule has 0 unspecified atom stereocenters. The summed E-state index contributed by atoms with van der Waals surface area (Å²) in [5.74, 6) is -0.891. The quantitative estimate of drug-likeness (QED) is 0.571. The minimum atomic E-state index is -0.891. The fraction of sp³-hybridized carbons (Fsp3) is 0.500. The highest BCUT2D eigenvalue weighted by Gasteiger charge is 1.76. The third-order valence-corrected chi connectivity index (χ3v) is 0.309. The van der Waals surface area contributed by atoms with Crippen LogP contribution in [0.2, 0.25) is 0 Å². The largest absolute Gasteiger partial charge is 0.478 e. The maximum Gasteiger partial charge on any atom is 0.327 e. The summed E-state index contributed by atoms with van der Waals surface area (Å²) in [6, 6.07) is 0. The van der Waals surface area contributed by atoms with E-state index in [0.29, 0.717) is 0 Å². The summed E-state index contributed by atoms with van der Waals surface area (Å²) in [7, 11) is 3.75. The number of hydrogen-bond acceptors (Lipinski definition) is 2. The molecule has 0 atom stereocenters. The second kappa shape index (κ2) is 15.8. The van der Waals surface area contributed by atoms with Gasteiger partial charge in [0.15, 0.2) is 0 Å². The Labute approximate surface area is 67.5 Å². The zero-order valence-corrected chi connectivity index (χ0v) is 7.23. The molecule has 3 nitrogen and oxygen atoms in total. The average Bonchev–Trinajstić information content (AvgIpc) is 1.67. The van der Waals surface area contributed by atoms with Crippen LogP contribution in [0.1, 0.15) is 6.92 Å². The Hall–Kier alpha value is -0.540. The second-order valence-corrected chi connectivity index (χ2v) is 1.34. The molecule has 10 heavy (non-hydrogen) atoms. The monoisotopic (exact) mass is 167 g/mol. The third kappa shape index (κ3) is 51.4. The van der Waals surface area contributed by atoms with E-state index < -0.39 is 5.97 Å². The van der Waals surface area contributed by atoms with Crippen LogP contribution < -0.4 is 5.32 Å². The van der Waals surface area contributed by atoms with Crippen molar-refractivity contribution in [2.24, 2.45) is 0 Å². The predicted molar refractivity (Wildman–Crippen MR) is 44.7 cm³/mol. The minimum Gasteiger partial charge on any atom is -0.478 e. The van der Waals surface area contributed by atoms with Crippen molar-refractivity contribution in [2.75, 3.05) is 14.1 Å². The van der Waals surface area contributed by atoms with Gasteiger partial charge >= 0.3 is 5.97 Å². The normalized spacial score (nSPS) is 7.50. The van der Waals surface area contributed by atoms with Gasteiger partial charge in [-0.2, -0.15) is 0 Å². The van der Waals surface area contributed by atoms with Gasteiger partial charge in [-0.15, -0.1) is 12.4 Å². The lowest BCUT2D eigenvalue weighted by Crippen LogP contribution is -1.89. The molecule has 0 aliphatic heterocycles.